The number of benzene rings is 2. The van der Waals surface area contributed by atoms with Gasteiger partial charge in [0.15, 0.2) is 11.6 Å². The van der Waals surface area contributed by atoms with E-state index in [9.17, 15) is 0 Å². The molecule has 4 heterocycles. The van der Waals surface area contributed by atoms with Gasteiger partial charge < -0.3 is 9.97 Å². The third kappa shape index (κ3) is 1.86. The number of aromatic amines is 2. The third-order valence-corrected chi connectivity index (χ3v) is 4.63. The largest absolute Gasteiger partial charge is 0.325 e. The Hall–Kier alpha value is -3.80. The van der Waals surface area contributed by atoms with Crippen molar-refractivity contribution in [1.29, 1.82) is 0 Å². The van der Waals surface area contributed by atoms with Crippen LogP contribution in [0.3, 0.4) is 0 Å². The minimum absolute atomic E-state index is 0.657. The molecule has 0 aliphatic carbocycles. The van der Waals surface area contributed by atoms with Gasteiger partial charge in [-0.25, -0.2) is 19.9 Å². The summed E-state index contributed by atoms with van der Waals surface area (Å²) in [5, 5.41) is 2.04. The second-order valence-electron chi connectivity index (χ2n) is 6.24. The first kappa shape index (κ1) is 13.5. The summed E-state index contributed by atoms with van der Waals surface area (Å²) in [6.07, 6.45) is 0. The fourth-order valence-corrected chi connectivity index (χ4v) is 3.43. The van der Waals surface area contributed by atoms with Gasteiger partial charge in [-0.15, -0.1) is 0 Å². The van der Waals surface area contributed by atoms with Gasteiger partial charge in [0.1, 0.15) is 22.6 Å². The van der Waals surface area contributed by atoms with Crippen LogP contribution in [0, 0.1) is 0 Å². The lowest BCUT2D eigenvalue weighted by atomic mass is 10.1. The highest BCUT2D eigenvalue weighted by molar-refractivity contribution is 6.04. The van der Waals surface area contributed by atoms with Gasteiger partial charge in [0.2, 0.25) is 0 Å². The van der Waals surface area contributed by atoms with Crippen LogP contribution in [0.1, 0.15) is 0 Å². The lowest BCUT2D eigenvalue weighted by Gasteiger charge is -1.95. The topological polar surface area (TPSA) is 83.1 Å². The number of fused-ring (bicyclic) bond motifs is 12. The Labute approximate surface area is 147 Å². The smallest absolute Gasteiger partial charge is 0.164 e. The van der Waals surface area contributed by atoms with Crippen LogP contribution in [0.5, 0.6) is 0 Å². The Morgan fingerprint density at radius 3 is 1.81 bits per heavy atom. The number of nitrogens with zero attached hydrogens (tertiary/aromatic N) is 4. The first-order chi connectivity index (χ1) is 12.8. The molecule has 6 heteroatoms. The number of rotatable bonds is 0. The van der Waals surface area contributed by atoms with Crippen molar-refractivity contribution >= 4 is 33.4 Å². The molecule has 1 aliphatic rings. The standard InChI is InChI=1S/C20H12N6/c1-3-7-13-11(5-1)17-22-15-9-10-16(21-15)23-18-12-6-2-4-8-14(12)20(25-18)26-19(13)24-17/h1-10H,(H2,21,22,23,24,25,26). The Morgan fingerprint density at radius 2 is 1.08 bits per heavy atom. The number of nitrogens with one attached hydrogen (secondary N) is 2. The number of hydrogen-bond donors (Lipinski definition) is 2. The van der Waals surface area contributed by atoms with Crippen LogP contribution in [-0.2, 0) is 0 Å². The molecule has 6 rings (SSSR count). The fraction of sp³-hybridized carbons (Fsp3) is 0. The Morgan fingerprint density at radius 1 is 0.500 bits per heavy atom. The van der Waals surface area contributed by atoms with Crippen LogP contribution < -0.4 is 0 Å². The lowest BCUT2D eigenvalue weighted by molar-refractivity contribution is 1.20. The molecule has 5 aromatic rings. The molecule has 0 fully saturated rings. The molecular weight excluding hydrogens is 324 g/mol. The molecule has 0 saturated carbocycles. The summed E-state index contributed by atoms with van der Waals surface area (Å²) in [5.41, 5.74) is 4.93. The van der Waals surface area contributed by atoms with Crippen LogP contribution in [0.4, 0.5) is 0 Å². The van der Waals surface area contributed by atoms with Crippen molar-refractivity contribution < 1.29 is 0 Å². The zero-order chi connectivity index (χ0) is 17.1. The first-order valence-corrected chi connectivity index (χ1v) is 8.35. The Balaban J connectivity index is 1.88. The van der Waals surface area contributed by atoms with Crippen molar-refractivity contribution in [3.05, 3.63) is 60.7 Å². The first-order valence-electron chi connectivity index (χ1n) is 8.35. The van der Waals surface area contributed by atoms with E-state index in [0.29, 0.717) is 11.6 Å². The summed E-state index contributed by atoms with van der Waals surface area (Å²) in [6, 6.07) is 19.9. The summed E-state index contributed by atoms with van der Waals surface area (Å²) in [5.74, 6) is 1.31. The average Bonchev–Trinajstić information content (AvgIpc) is 3.35. The minimum Gasteiger partial charge on any atom is -0.325 e. The van der Waals surface area contributed by atoms with E-state index >= 15 is 0 Å². The van der Waals surface area contributed by atoms with Crippen molar-refractivity contribution in [3.63, 3.8) is 0 Å². The van der Waals surface area contributed by atoms with Gasteiger partial charge in [0, 0.05) is 21.9 Å². The number of aromatic nitrogens is 6. The molecule has 0 saturated heterocycles. The summed E-state index contributed by atoms with van der Waals surface area (Å²) in [7, 11) is 0. The molecule has 2 N–H and O–H groups in total. The van der Waals surface area contributed by atoms with Gasteiger partial charge in [0.25, 0.3) is 0 Å². The molecule has 6 bridgehead atoms. The fourth-order valence-electron chi connectivity index (χ4n) is 3.43. The number of hydrogen-bond acceptors (Lipinski definition) is 4. The zero-order valence-electron chi connectivity index (χ0n) is 13.6. The molecule has 0 spiro atoms. The van der Waals surface area contributed by atoms with Gasteiger partial charge in [-0.05, 0) is 12.1 Å². The molecule has 0 amide bonds. The van der Waals surface area contributed by atoms with Gasteiger partial charge in [-0.3, -0.25) is 0 Å². The molecule has 0 atom stereocenters. The van der Waals surface area contributed by atoms with Gasteiger partial charge in [-0.1, -0.05) is 48.5 Å². The van der Waals surface area contributed by atoms with E-state index in [1.807, 2.05) is 60.7 Å². The quantitative estimate of drug-likeness (QED) is 0.436. The highest BCUT2D eigenvalue weighted by atomic mass is 15.0. The van der Waals surface area contributed by atoms with E-state index in [4.69, 9.17) is 15.0 Å². The normalized spacial score (nSPS) is 11.8. The molecule has 0 unspecified atom stereocenters. The van der Waals surface area contributed by atoms with Crippen LogP contribution in [0.15, 0.2) is 60.7 Å². The minimum atomic E-state index is 0.657. The van der Waals surface area contributed by atoms with E-state index in [1.54, 1.807) is 0 Å². The maximum Gasteiger partial charge on any atom is 0.164 e. The second-order valence-corrected chi connectivity index (χ2v) is 6.24. The maximum absolute atomic E-state index is 4.82. The SMILES string of the molecule is c1ccc2c(c1)-c1nc-2nc2[nH]c(nc3ccc(n1)[nH]3)c1ccccc21. The predicted molar refractivity (Wildman–Crippen MR) is 101 cm³/mol. The van der Waals surface area contributed by atoms with Crippen LogP contribution in [0.2, 0.25) is 0 Å². The van der Waals surface area contributed by atoms with Crippen molar-refractivity contribution in [2.45, 2.75) is 0 Å². The third-order valence-electron chi connectivity index (χ3n) is 4.63. The van der Waals surface area contributed by atoms with E-state index in [-0.39, 0.29) is 0 Å². The molecular formula is C20H12N6. The van der Waals surface area contributed by atoms with E-state index in [0.717, 1.165) is 44.5 Å². The molecule has 26 heavy (non-hydrogen) atoms. The monoisotopic (exact) mass is 336 g/mol. The number of H-pyrrole nitrogens is 2. The van der Waals surface area contributed by atoms with E-state index < -0.39 is 0 Å². The summed E-state index contributed by atoms with van der Waals surface area (Å²) in [6.45, 7) is 0. The zero-order valence-corrected chi connectivity index (χ0v) is 13.6. The summed E-state index contributed by atoms with van der Waals surface area (Å²) >= 11 is 0. The van der Waals surface area contributed by atoms with Crippen LogP contribution in [0.25, 0.3) is 56.1 Å². The Bertz CT molecular complexity index is 1390. The average molecular weight is 336 g/mol. The highest BCUT2D eigenvalue weighted by Crippen LogP contribution is 2.33. The molecule has 122 valence electrons. The van der Waals surface area contributed by atoms with E-state index in [1.165, 1.54) is 0 Å². The molecule has 1 aliphatic heterocycles. The van der Waals surface area contributed by atoms with Crippen LogP contribution >= 0.6 is 0 Å². The maximum atomic E-state index is 4.82. The van der Waals surface area contributed by atoms with Gasteiger partial charge in [0.05, 0.1) is 0 Å². The van der Waals surface area contributed by atoms with Gasteiger partial charge >= 0.3 is 0 Å². The van der Waals surface area contributed by atoms with Crippen LogP contribution in [-0.4, -0.2) is 29.9 Å². The Kier molecular flexibility index (Phi) is 2.52. The molecule has 0 radical (unpaired) electrons. The van der Waals surface area contributed by atoms with Crippen molar-refractivity contribution in [2.75, 3.05) is 0 Å². The van der Waals surface area contributed by atoms with Crippen molar-refractivity contribution in [3.8, 4) is 22.8 Å². The molecule has 3 aromatic heterocycles. The lowest BCUT2D eigenvalue weighted by Crippen LogP contribution is -1.81. The summed E-state index contributed by atoms with van der Waals surface area (Å²) < 4.78 is 0. The molecule has 2 aromatic carbocycles. The van der Waals surface area contributed by atoms with Gasteiger partial charge in [-0.2, -0.15) is 0 Å². The van der Waals surface area contributed by atoms with Crippen molar-refractivity contribution in [2.24, 2.45) is 0 Å². The summed E-state index contributed by atoms with van der Waals surface area (Å²) in [4.78, 5) is 25.5. The predicted octanol–water partition coefficient (Wildman–Crippen LogP) is 4.15. The van der Waals surface area contributed by atoms with Crippen molar-refractivity contribution in [1.82, 2.24) is 29.9 Å². The molecule has 6 nitrogen and oxygen atoms in total. The highest BCUT2D eigenvalue weighted by Gasteiger charge is 2.18. The second kappa shape index (κ2) is 4.86. The van der Waals surface area contributed by atoms with E-state index in [2.05, 4.69) is 15.0 Å².